The zero-order chi connectivity index (χ0) is 15.0. The molecule has 1 aliphatic heterocycles. The maximum Gasteiger partial charge on any atom is 0.345 e. The summed E-state index contributed by atoms with van der Waals surface area (Å²) in [5.41, 5.74) is 3.02. The molecule has 0 aliphatic carbocycles. The molecule has 0 radical (unpaired) electrons. The summed E-state index contributed by atoms with van der Waals surface area (Å²) in [5, 5.41) is 9.07. The third kappa shape index (κ3) is 2.56. The van der Waals surface area contributed by atoms with Gasteiger partial charge in [0, 0.05) is 17.0 Å². The van der Waals surface area contributed by atoms with Gasteiger partial charge in [-0.05, 0) is 36.6 Å². The average Bonchev–Trinajstić information content (AvgIpc) is 2.84. The highest BCUT2D eigenvalue weighted by molar-refractivity contribution is 7.14. The zero-order valence-electron chi connectivity index (χ0n) is 11.6. The first-order chi connectivity index (χ1) is 10.1. The molecule has 0 unspecified atom stereocenters. The van der Waals surface area contributed by atoms with E-state index in [-0.39, 0.29) is 5.91 Å². The molecule has 4 nitrogen and oxygen atoms in total. The zero-order valence-corrected chi connectivity index (χ0v) is 12.4. The molecule has 0 bridgehead atoms. The van der Waals surface area contributed by atoms with Gasteiger partial charge in [-0.3, -0.25) is 4.79 Å². The van der Waals surface area contributed by atoms with E-state index in [9.17, 15) is 9.59 Å². The predicted octanol–water partition coefficient (Wildman–Crippen LogP) is 3.23. The lowest BCUT2D eigenvalue weighted by Gasteiger charge is -2.29. The SMILES string of the molecule is Cc1sc(C(=O)O)cc1CN1C(=O)CCc2ccccc21. The lowest BCUT2D eigenvalue weighted by molar-refractivity contribution is -0.119. The highest BCUT2D eigenvalue weighted by Gasteiger charge is 2.25. The van der Waals surface area contributed by atoms with E-state index in [1.165, 1.54) is 16.9 Å². The summed E-state index contributed by atoms with van der Waals surface area (Å²) in [6, 6.07) is 9.57. The van der Waals surface area contributed by atoms with Crippen molar-refractivity contribution in [3.8, 4) is 0 Å². The second-order valence-corrected chi connectivity index (χ2v) is 6.36. The number of aromatic carboxylic acids is 1. The molecule has 3 rings (SSSR count). The van der Waals surface area contributed by atoms with Gasteiger partial charge in [-0.2, -0.15) is 0 Å². The number of aryl methyl sites for hydroxylation is 2. The second kappa shape index (κ2) is 5.33. The molecule has 5 heteroatoms. The minimum atomic E-state index is -0.917. The van der Waals surface area contributed by atoms with Crippen molar-refractivity contribution in [3.05, 3.63) is 51.2 Å². The van der Waals surface area contributed by atoms with E-state index in [0.717, 1.165) is 22.5 Å². The Balaban J connectivity index is 1.94. The summed E-state index contributed by atoms with van der Waals surface area (Å²) in [5.74, 6) is -0.823. The van der Waals surface area contributed by atoms with E-state index < -0.39 is 5.97 Å². The number of hydrogen-bond acceptors (Lipinski definition) is 3. The highest BCUT2D eigenvalue weighted by Crippen LogP contribution is 2.31. The van der Waals surface area contributed by atoms with Crippen molar-refractivity contribution in [1.29, 1.82) is 0 Å². The molecule has 1 N–H and O–H groups in total. The van der Waals surface area contributed by atoms with E-state index in [2.05, 4.69) is 0 Å². The number of para-hydroxylation sites is 1. The molecule has 0 saturated carbocycles. The van der Waals surface area contributed by atoms with Crippen LogP contribution >= 0.6 is 11.3 Å². The standard InChI is InChI=1S/C16H15NO3S/c1-10-12(8-14(21-10)16(19)20)9-17-13-5-3-2-4-11(13)6-7-15(17)18/h2-5,8H,6-7,9H2,1H3,(H,19,20). The number of carboxylic acid groups (broad SMARTS) is 1. The number of anilines is 1. The molecule has 0 atom stereocenters. The molecule has 21 heavy (non-hydrogen) atoms. The molecule has 108 valence electrons. The Bertz CT molecular complexity index is 720. The van der Waals surface area contributed by atoms with Crippen LogP contribution in [0.3, 0.4) is 0 Å². The van der Waals surface area contributed by atoms with E-state index in [1.807, 2.05) is 31.2 Å². The summed E-state index contributed by atoms with van der Waals surface area (Å²) in [6.07, 6.45) is 1.28. The van der Waals surface area contributed by atoms with Crippen LogP contribution in [0.25, 0.3) is 0 Å². The first kappa shape index (κ1) is 13.8. The Morgan fingerprint density at radius 3 is 2.81 bits per heavy atom. The van der Waals surface area contributed by atoms with Crippen molar-refractivity contribution in [2.24, 2.45) is 0 Å². The van der Waals surface area contributed by atoms with E-state index >= 15 is 0 Å². The van der Waals surface area contributed by atoms with Crippen LogP contribution in [0.4, 0.5) is 5.69 Å². The summed E-state index contributed by atoms with van der Waals surface area (Å²) in [7, 11) is 0. The van der Waals surface area contributed by atoms with Gasteiger partial charge in [0.05, 0.1) is 6.54 Å². The summed E-state index contributed by atoms with van der Waals surface area (Å²) >= 11 is 1.26. The van der Waals surface area contributed by atoms with E-state index in [0.29, 0.717) is 17.8 Å². The number of hydrogen-bond donors (Lipinski definition) is 1. The Labute approximate surface area is 126 Å². The van der Waals surface area contributed by atoms with Gasteiger partial charge < -0.3 is 10.0 Å². The minimum Gasteiger partial charge on any atom is -0.477 e. The van der Waals surface area contributed by atoms with Crippen LogP contribution in [-0.4, -0.2) is 17.0 Å². The molecular weight excluding hydrogens is 286 g/mol. The molecule has 2 heterocycles. The molecule has 1 aromatic carbocycles. The summed E-state index contributed by atoms with van der Waals surface area (Å²) in [4.78, 5) is 26.3. The van der Waals surface area contributed by atoms with Crippen molar-refractivity contribution in [2.75, 3.05) is 4.90 Å². The second-order valence-electron chi connectivity index (χ2n) is 5.11. The molecule has 1 amide bonds. The van der Waals surface area contributed by atoms with Gasteiger partial charge in [0.1, 0.15) is 4.88 Å². The molecule has 0 spiro atoms. The number of nitrogens with zero attached hydrogens (tertiary/aromatic N) is 1. The van der Waals surface area contributed by atoms with Crippen molar-refractivity contribution in [3.63, 3.8) is 0 Å². The van der Waals surface area contributed by atoms with Gasteiger partial charge in [-0.25, -0.2) is 4.79 Å². The van der Waals surface area contributed by atoms with Crippen molar-refractivity contribution in [1.82, 2.24) is 0 Å². The fraction of sp³-hybridized carbons (Fsp3) is 0.250. The number of fused-ring (bicyclic) bond motifs is 1. The fourth-order valence-corrected chi connectivity index (χ4v) is 3.50. The van der Waals surface area contributed by atoms with E-state index in [4.69, 9.17) is 5.11 Å². The third-order valence-corrected chi connectivity index (χ3v) is 4.83. The molecule has 1 aromatic heterocycles. The maximum absolute atomic E-state index is 12.2. The number of carbonyl (C=O) groups excluding carboxylic acids is 1. The van der Waals surface area contributed by atoms with Crippen molar-refractivity contribution in [2.45, 2.75) is 26.3 Å². The minimum absolute atomic E-state index is 0.0937. The number of rotatable bonds is 3. The lowest BCUT2D eigenvalue weighted by atomic mass is 10.0. The Hall–Kier alpha value is -2.14. The predicted molar refractivity (Wildman–Crippen MR) is 82.0 cm³/mol. The van der Waals surface area contributed by atoms with Gasteiger partial charge in [0.2, 0.25) is 5.91 Å². The molecule has 1 aliphatic rings. The number of carbonyl (C=O) groups is 2. The number of benzene rings is 1. The van der Waals surface area contributed by atoms with Crippen LogP contribution in [0.2, 0.25) is 0 Å². The molecule has 0 fully saturated rings. The molecule has 2 aromatic rings. The van der Waals surface area contributed by atoms with E-state index in [1.54, 1.807) is 11.0 Å². The normalized spacial score (nSPS) is 14.1. The Kier molecular flexibility index (Phi) is 3.51. The fourth-order valence-electron chi connectivity index (χ4n) is 2.62. The molecule has 0 saturated heterocycles. The maximum atomic E-state index is 12.2. The van der Waals surface area contributed by atoms with Crippen molar-refractivity contribution < 1.29 is 14.7 Å². The monoisotopic (exact) mass is 301 g/mol. The topological polar surface area (TPSA) is 57.6 Å². The van der Waals surface area contributed by atoms with Crippen LogP contribution in [0.5, 0.6) is 0 Å². The average molecular weight is 301 g/mol. The van der Waals surface area contributed by atoms with Gasteiger partial charge in [-0.15, -0.1) is 11.3 Å². The lowest BCUT2D eigenvalue weighted by Crippen LogP contribution is -2.34. The van der Waals surface area contributed by atoms with Crippen LogP contribution < -0.4 is 4.90 Å². The number of amides is 1. The quantitative estimate of drug-likeness (QED) is 0.947. The van der Waals surface area contributed by atoms with Gasteiger partial charge in [0.15, 0.2) is 0 Å². The largest absolute Gasteiger partial charge is 0.477 e. The summed E-state index contributed by atoms with van der Waals surface area (Å²) in [6.45, 7) is 2.33. The highest BCUT2D eigenvalue weighted by atomic mass is 32.1. The Morgan fingerprint density at radius 2 is 2.10 bits per heavy atom. The van der Waals surface area contributed by atoms with Gasteiger partial charge in [0.25, 0.3) is 0 Å². The third-order valence-electron chi connectivity index (χ3n) is 3.75. The van der Waals surface area contributed by atoms with Gasteiger partial charge >= 0.3 is 5.97 Å². The van der Waals surface area contributed by atoms with Crippen LogP contribution in [0, 0.1) is 6.92 Å². The number of carboxylic acids is 1. The smallest absolute Gasteiger partial charge is 0.345 e. The Morgan fingerprint density at radius 1 is 1.33 bits per heavy atom. The summed E-state index contributed by atoms with van der Waals surface area (Å²) < 4.78 is 0. The van der Waals surface area contributed by atoms with Crippen LogP contribution in [0.1, 0.15) is 32.1 Å². The first-order valence-electron chi connectivity index (χ1n) is 6.77. The number of thiophene rings is 1. The first-order valence-corrected chi connectivity index (χ1v) is 7.59. The van der Waals surface area contributed by atoms with Crippen LogP contribution in [0.15, 0.2) is 30.3 Å². The molecular formula is C16H15NO3S. The van der Waals surface area contributed by atoms with Crippen molar-refractivity contribution >= 4 is 28.9 Å². The van der Waals surface area contributed by atoms with Gasteiger partial charge in [-0.1, -0.05) is 18.2 Å². The van der Waals surface area contributed by atoms with Crippen LogP contribution in [-0.2, 0) is 17.8 Å².